The molecule has 0 spiro atoms. The quantitative estimate of drug-likeness (QED) is 0.0234. The predicted molar refractivity (Wildman–Crippen MR) is 222 cm³/mol. The van der Waals surface area contributed by atoms with Gasteiger partial charge in [-0.3, -0.25) is 23.4 Å². The van der Waals surface area contributed by atoms with Crippen molar-refractivity contribution >= 4 is 25.7 Å². The number of carbonyl (C=O) groups is 3. The maximum Gasteiger partial charge on any atom is 0.472 e. The van der Waals surface area contributed by atoms with E-state index in [1.807, 2.05) is 0 Å². The second kappa shape index (κ2) is 38.3. The number of unbranched alkanes of at least 4 members (excludes halogenated alkanes) is 17. The lowest BCUT2D eigenvalue weighted by Crippen LogP contribution is -2.34. The van der Waals surface area contributed by atoms with Crippen LogP contribution in [0, 0.1) is 0 Å². The Kier molecular flexibility index (Phi) is 36.5. The van der Waals surface area contributed by atoms with Crippen molar-refractivity contribution in [3.8, 4) is 0 Å². The van der Waals surface area contributed by atoms with Crippen LogP contribution >= 0.6 is 7.82 Å². The van der Waals surface area contributed by atoms with E-state index in [-0.39, 0.29) is 19.4 Å². The number of ether oxygens (including phenoxy) is 2. The number of carboxylic acid groups (broad SMARTS) is 1. The third kappa shape index (κ3) is 38.1. The zero-order valence-corrected chi connectivity index (χ0v) is 35.2. The van der Waals surface area contributed by atoms with Gasteiger partial charge in [0.1, 0.15) is 12.6 Å². The molecule has 318 valence electrons. The van der Waals surface area contributed by atoms with E-state index in [0.29, 0.717) is 12.8 Å². The second-order valence-corrected chi connectivity index (χ2v) is 15.6. The molecule has 0 aliphatic rings. The van der Waals surface area contributed by atoms with E-state index in [4.69, 9.17) is 24.8 Å². The Morgan fingerprint density at radius 2 is 0.982 bits per heavy atom. The Bertz CT molecular complexity index is 1120. The molecule has 3 atom stereocenters. The highest BCUT2D eigenvalue weighted by molar-refractivity contribution is 7.47. The molecule has 0 saturated carbocycles. The number of aliphatic carboxylic acids is 1. The first-order valence-electron chi connectivity index (χ1n) is 21.2. The first kappa shape index (κ1) is 52.4. The fourth-order valence-electron chi connectivity index (χ4n) is 5.40. The molecular weight excluding hydrogens is 721 g/mol. The third-order valence-electron chi connectivity index (χ3n) is 8.80. The number of allylic oxidation sites excluding steroid dienone is 8. The van der Waals surface area contributed by atoms with Crippen LogP contribution in [0.15, 0.2) is 48.6 Å². The van der Waals surface area contributed by atoms with Crippen LogP contribution in [0.2, 0.25) is 0 Å². The molecule has 0 aromatic heterocycles. The summed E-state index contributed by atoms with van der Waals surface area (Å²) in [5.41, 5.74) is 5.33. The maximum absolute atomic E-state index is 12.6. The highest BCUT2D eigenvalue weighted by Gasteiger charge is 2.28. The number of carboxylic acids is 1. The SMILES string of the molecule is CCCC/C=C\C/C=C\CCCCCCCC(=O)OC[C@H](COP(=O)(O)OC[C@H](N)C(=O)O)OC(=O)CCCCCCCCC/C=C\C/C=C\CCCCC. The molecule has 0 saturated heterocycles. The van der Waals surface area contributed by atoms with Crippen molar-refractivity contribution in [2.24, 2.45) is 5.73 Å². The molecule has 0 aromatic rings. The highest BCUT2D eigenvalue weighted by Crippen LogP contribution is 2.43. The van der Waals surface area contributed by atoms with E-state index in [1.165, 1.54) is 51.4 Å². The van der Waals surface area contributed by atoms with Crippen LogP contribution in [-0.2, 0) is 37.5 Å². The van der Waals surface area contributed by atoms with Crippen LogP contribution in [0.5, 0.6) is 0 Å². The lowest BCUT2D eigenvalue weighted by Gasteiger charge is -2.20. The van der Waals surface area contributed by atoms with Crippen LogP contribution < -0.4 is 5.73 Å². The first-order chi connectivity index (χ1) is 26.6. The fourth-order valence-corrected chi connectivity index (χ4v) is 6.18. The van der Waals surface area contributed by atoms with Gasteiger partial charge in [-0.05, 0) is 70.6 Å². The van der Waals surface area contributed by atoms with E-state index in [2.05, 4.69) is 67.0 Å². The van der Waals surface area contributed by atoms with Gasteiger partial charge < -0.3 is 25.2 Å². The van der Waals surface area contributed by atoms with Gasteiger partial charge in [-0.2, -0.15) is 0 Å². The van der Waals surface area contributed by atoms with Gasteiger partial charge in [0.15, 0.2) is 6.10 Å². The average molecular weight is 798 g/mol. The Labute approximate surface area is 333 Å². The van der Waals surface area contributed by atoms with E-state index in [0.717, 1.165) is 83.5 Å². The minimum atomic E-state index is -4.72. The summed E-state index contributed by atoms with van der Waals surface area (Å²) in [5, 5.41) is 8.88. The predicted octanol–water partition coefficient (Wildman–Crippen LogP) is 11.0. The lowest BCUT2D eigenvalue weighted by molar-refractivity contribution is -0.161. The van der Waals surface area contributed by atoms with Crippen molar-refractivity contribution < 1.29 is 47.5 Å². The van der Waals surface area contributed by atoms with Crippen molar-refractivity contribution in [3.05, 3.63) is 48.6 Å². The molecule has 11 nitrogen and oxygen atoms in total. The lowest BCUT2D eigenvalue weighted by atomic mass is 10.1. The van der Waals surface area contributed by atoms with Gasteiger partial charge in [0.25, 0.3) is 0 Å². The average Bonchev–Trinajstić information content (AvgIpc) is 3.16. The molecule has 0 aliphatic carbocycles. The van der Waals surface area contributed by atoms with Gasteiger partial charge >= 0.3 is 25.7 Å². The van der Waals surface area contributed by atoms with Crippen molar-refractivity contribution in [1.82, 2.24) is 0 Å². The van der Waals surface area contributed by atoms with Crippen LogP contribution in [0.4, 0.5) is 0 Å². The Balaban J connectivity index is 4.42. The normalized spacial score (nSPS) is 14.3. The molecule has 55 heavy (non-hydrogen) atoms. The summed E-state index contributed by atoms with van der Waals surface area (Å²) in [7, 11) is -4.72. The molecule has 0 fully saturated rings. The molecule has 0 rings (SSSR count). The molecule has 0 amide bonds. The number of hydrogen-bond acceptors (Lipinski definition) is 9. The summed E-state index contributed by atoms with van der Waals surface area (Å²) in [6.07, 6.45) is 41.7. The van der Waals surface area contributed by atoms with Gasteiger partial charge in [-0.15, -0.1) is 0 Å². The van der Waals surface area contributed by atoms with Crippen LogP contribution in [0.3, 0.4) is 0 Å². The number of hydrogen-bond donors (Lipinski definition) is 3. The molecule has 0 bridgehead atoms. The van der Waals surface area contributed by atoms with Gasteiger partial charge in [0.05, 0.1) is 13.2 Å². The Hall–Kier alpha value is -2.56. The maximum atomic E-state index is 12.6. The van der Waals surface area contributed by atoms with E-state index >= 15 is 0 Å². The summed E-state index contributed by atoms with van der Waals surface area (Å²) >= 11 is 0. The molecule has 4 N–H and O–H groups in total. The first-order valence-corrected chi connectivity index (χ1v) is 22.7. The van der Waals surface area contributed by atoms with Gasteiger partial charge in [-0.25, -0.2) is 4.57 Å². The number of phosphoric acid groups is 1. The van der Waals surface area contributed by atoms with E-state index < -0.39 is 51.1 Å². The summed E-state index contributed by atoms with van der Waals surface area (Å²) in [4.78, 5) is 45.9. The number of rotatable bonds is 39. The van der Waals surface area contributed by atoms with Crippen molar-refractivity contribution in [3.63, 3.8) is 0 Å². The molecule has 0 radical (unpaired) electrons. The zero-order chi connectivity index (χ0) is 40.7. The van der Waals surface area contributed by atoms with Crippen molar-refractivity contribution in [2.45, 2.75) is 187 Å². The summed E-state index contributed by atoms with van der Waals surface area (Å²) in [6.45, 7) is 2.70. The largest absolute Gasteiger partial charge is 0.480 e. The van der Waals surface area contributed by atoms with Gasteiger partial charge in [0.2, 0.25) is 0 Å². The molecule has 0 heterocycles. The molecule has 12 heteroatoms. The summed E-state index contributed by atoms with van der Waals surface area (Å²) < 4.78 is 32.6. The number of esters is 2. The molecular formula is C43H76NO10P. The fraction of sp³-hybridized carbons (Fsp3) is 0.744. The number of nitrogens with two attached hydrogens (primary N) is 1. The van der Waals surface area contributed by atoms with Crippen molar-refractivity contribution in [2.75, 3.05) is 19.8 Å². The monoisotopic (exact) mass is 798 g/mol. The second-order valence-electron chi connectivity index (χ2n) is 14.1. The van der Waals surface area contributed by atoms with E-state index in [9.17, 15) is 23.8 Å². The third-order valence-corrected chi connectivity index (χ3v) is 9.75. The smallest absolute Gasteiger partial charge is 0.472 e. The minimum absolute atomic E-state index is 0.148. The Morgan fingerprint density at radius 1 is 0.564 bits per heavy atom. The van der Waals surface area contributed by atoms with Crippen LogP contribution in [-0.4, -0.2) is 59.9 Å². The highest BCUT2D eigenvalue weighted by atomic mass is 31.2. The van der Waals surface area contributed by atoms with Gasteiger partial charge in [0, 0.05) is 12.8 Å². The van der Waals surface area contributed by atoms with Crippen LogP contribution in [0.25, 0.3) is 0 Å². The van der Waals surface area contributed by atoms with Crippen molar-refractivity contribution in [1.29, 1.82) is 0 Å². The summed E-state index contributed by atoms with van der Waals surface area (Å²) in [6, 6.07) is -1.53. The Morgan fingerprint density at radius 3 is 1.47 bits per heavy atom. The standard InChI is InChI=1S/C43H76NO10P/c1-3-5-7-9-11-13-15-17-19-20-21-23-25-27-29-31-33-35-42(46)54-39(37-52-55(49,50)53-38-40(44)43(47)48)36-51-41(45)34-32-30-28-26-24-22-18-16-14-12-10-8-6-4-2/h10-13,16-19,39-40H,3-9,14-15,20-38,44H2,1-2H3,(H,47,48)(H,49,50)/b12-10-,13-11-,18-16-,19-17-/t39-,40+/m1/s1. The number of phosphoric ester groups is 1. The van der Waals surface area contributed by atoms with Gasteiger partial charge in [-0.1, -0.05) is 140 Å². The van der Waals surface area contributed by atoms with E-state index in [1.54, 1.807) is 0 Å². The minimum Gasteiger partial charge on any atom is -0.480 e. The number of carbonyl (C=O) groups excluding carboxylic acids is 2. The zero-order valence-electron chi connectivity index (χ0n) is 34.3. The molecule has 0 aliphatic heterocycles. The summed E-state index contributed by atoms with van der Waals surface area (Å²) in [5.74, 6) is -2.41. The topological polar surface area (TPSA) is 172 Å². The van der Waals surface area contributed by atoms with Crippen LogP contribution in [0.1, 0.15) is 174 Å². The molecule has 0 aromatic carbocycles. The molecule has 1 unspecified atom stereocenters.